The standard InChI is InChI=1S/C22H18F3NO4S/c1-3-30-21(29)18-19(28)17(11-13-4-9-16(27)12(2)10-13)31-20(18)26-15-7-5-14(6-8-15)22(23,24)25/h4-11,27-28H,3H2,1-2H3. The Kier molecular flexibility index (Phi) is 6.45. The van der Waals surface area contributed by atoms with Crippen molar-refractivity contribution >= 4 is 34.5 Å². The molecule has 1 aliphatic heterocycles. The number of phenolic OH excluding ortho intramolecular Hbond substituents is 1. The number of aliphatic hydroxyl groups is 1. The Bertz CT molecular complexity index is 1100. The molecule has 162 valence electrons. The average Bonchev–Trinajstić information content (AvgIpc) is 2.99. The van der Waals surface area contributed by atoms with Crippen molar-refractivity contribution in [1.82, 2.24) is 0 Å². The van der Waals surface area contributed by atoms with Crippen molar-refractivity contribution in [2.24, 2.45) is 4.99 Å². The molecule has 5 nitrogen and oxygen atoms in total. The summed E-state index contributed by atoms with van der Waals surface area (Å²) in [7, 11) is 0. The second kappa shape index (κ2) is 8.89. The molecule has 0 aliphatic carbocycles. The van der Waals surface area contributed by atoms with Gasteiger partial charge in [0.05, 0.1) is 22.8 Å². The van der Waals surface area contributed by atoms with Gasteiger partial charge in [-0.2, -0.15) is 13.2 Å². The number of phenols is 1. The van der Waals surface area contributed by atoms with Gasteiger partial charge in [-0.3, -0.25) is 0 Å². The quantitative estimate of drug-likeness (QED) is 0.567. The number of esters is 1. The maximum atomic E-state index is 12.8. The molecule has 0 unspecified atom stereocenters. The lowest BCUT2D eigenvalue weighted by atomic mass is 10.1. The zero-order valence-corrected chi connectivity index (χ0v) is 17.3. The summed E-state index contributed by atoms with van der Waals surface area (Å²) in [6.07, 6.45) is -2.86. The van der Waals surface area contributed by atoms with Crippen LogP contribution in [0, 0.1) is 6.92 Å². The topological polar surface area (TPSA) is 79.1 Å². The number of rotatable bonds is 4. The number of hydrogen-bond acceptors (Lipinski definition) is 6. The molecule has 0 bridgehead atoms. The lowest BCUT2D eigenvalue weighted by Gasteiger charge is -2.07. The van der Waals surface area contributed by atoms with Gasteiger partial charge in [0.1, 0.15) is 22.1 Å². The van der Waals surface area contributed by atoms with Crippen molar-refractivity contribution in [2.45, 2.75) is 20.0 Å². The number of aryl methyl sites for hydroxylation is 1. The van der Waals surface area contributed by atoms with Gasteiger partial charge in [-0.15, -0.1) is 0 Å². The number of benzene rings is 2. The maximum absolute atomic E-state index is 12.8. The molecule has 1 heterocycles. The van der Waals surface area contributed by atoms with Crippen molar-refractivity contribution in [2.75, 3.05) is 6.61 Å². The monoisotopic (exact) mass is 449 g/mol. The zero-order chi connectivity index (χ0) is 22.8. The number of halogens is 3. The van der Waals surface area contributed by atoms with Crippen molar-refractivity contribution in [1.29, 1.82) is 0 Å². The normalized spacial score (nSPS) is 16.9. The number of aromatic hydroxyl groups is 1. The molecule has 31 heavy (non-hydrogen) atoms. The van der Waals surface area contributed by atoms with E-state index < -0.39 is 17.7 Å². The highest BCUT2D eigenvalue weighted by Gasteiger charge is 2.33. The van der Waals surface area contributed by atoms with Gasteiger partial charge < -0.3 is 14.9 Å². The molecule has 0 spiro atoms. The van der Waals surface area contributed by atoms with Gasteiger partial charge in [-0.25, -0.2) is 9.79 Å². The van der Waals surface area contributed by atoms with Gasteiger partial charge in [0.15, 0.2) is 0 Å². The maximum Gasteiger partial charge on any atom is 0.416 e. The summed E-state index contributed by atoms with van der Waals surface area (Å²) in [4.78, 5) is 17.0. The van der Waals surface area contributed by atoms with Gasteiger partial charge in [-0.05, 0) is 67.4 Å². The highest BCUT2D eigenvalue weighted by molar-refractivity contribution is 8.18. The van der Waals surface area contributed by atoms with Gasteiger partial charge in [-0.1, -0.05) is 17.8 Å². The third kappa shape index (κ3) is 5.11. The SMILES string of the molecule is CCOC(=O)C1=C(O)C(=Cc2ccc(O)c(C)c2)SC1=Nc1ccc(C(F)(F)F)cc1. The number of carbonyl (C=O) groups excluding carboxylic acids is 1. The van der Waals surface area contributed by atoms with Crippen LogP contribution in [0.25, 0.3) is 6.08 Å². The number of hydrogen-bond donors (Lipinski definition) is 2. The zero-order valence-electron chi connectivity index (χ0n) is 16.5. The van der Waals surface area contributed by atoms with E-state index in [1.807, 2.05) is 0 Å². The van der Waals surface area contributed by atoms with E-state index in [0.717, 1.165) is 23.9 Å². The van der Waals surface area contributed by atoms with Crippen LogP contribution < -0.4 is 0 Å². The Balaban J connectivity index is 2.01. The molecule has 0 radical (unpaired) electrons. The molecule has 2 aromatic rings. The van der Waals surface area contributed by atoms with Crippen LogP contribution in [0.3, 0.4) is 0 Å². The van der Waals surface area contributed by atoms with E-state index in [4.69, 9.17) is 4.74 Å². The van der Waals surface area contributed by atoms with E-state index in [0.29, 0.717) is 16.0 Å². The highest BCUT2D eigenvalue weighted by atomic mass is 32.2. The van der Waals surface area contributed by atoms with Crippen molar-refractivity contribution < 1.29 is 32.9 Å². The first-order chi connectivity index (χ1) is 14.6. The summed E-state index contributed by atoms with van der Waals surface area (Å²) in [5.41, 5.74) is 0.511. The molecular formula is C22H18F3NO4S. The first-order valence-corrected chi connectivity index (χ1v) is 9.98. The summed E-state index contributed by atoms with van der Waals surface area (Å²) in [6.45, 7) is 3.40. The fourth-order valence-electron chi connectivity index (χ4n) is 2.75. The third-order valence-corrected chi connectivity index (χ3v) is 5.33. The van der Waals surface area contributed by atoms with E-state index in [1.165, 1.54) is 18.2 Å². The molecule has 3 rings (SSSR count). The van der Waals surface area contributed by atoms with Crippen LogP contribution in [0.15, 0.2) is 63.7 Å². The number of ether oxygens (including phenoxy) is 1. The Morgan fingerprint density at radius 3 is 2.42 bits per heavy atom. The largest absolute Gasteiger partial charge is 0.508 e. The molecule has 0 saturated carbocycles. The fraction of sp³-hybridized carbons (Fsp3) is 0.182. The van der Waals surface area contributed by atoms with Crippen molar-refractivity contribution in [3.63, 3.8) is 0 Å². The van der Waals surface area contributed by atoms with Crippen molar-refractivity contribution in [3.05, 3.63) is 75.4 Å². The second-order valence-electron chi connectivity index (χ2n) is 6.56. The lowest BCUT2D eigenvalue weighted by molar-refractivity contribution is -0.138. The summed E-state index contributed by atoms with van der Waals surface area (Å²) in [6, 6.07) is 8.99. The fourth-order valence-corrected chi connectivity index (χ4v) is 3.79. The van der Waals surface area contributed by atoms with Crippen LogP contribution in [-0.4, -0.2) is 27.8 Å². The molecule has 0 atom stereocenters. The van der Waals surface area contributed by atoms with Gasteiger partial charge in [0.2, 0.25) is 0 Å². The first kappa shape index (κ1) is 22.5. The molecule has 9 heteroatoms. The number of aliphatic imine (C=N–C) groups is 1. The van der Waals surface area contributed by atoms with E-state index in [-0.39, 0.29) is 34.4 Å². The van der Waals surface area contributed by atoms with Crippen LogP contribution >= 0.6 is 11.8 Å². The highest BCUT2D eigenvalue weighted by Crippen LogP contribution is 2.40. The van der Waals surface area contributed by atoms with Gasteiger partial charge >= 0.3 is 12.1 Å². The Hall–Kier alpha value is -3.20. The van der Waals surface area contributed by atoms with Crippen LogP contribution in [0.4, 0.5) is 18.9 Å². The molecule has 2 aromatic carbocycles. The van der Waals surface area contributed by atoms with Crippen LogP contribution in [0.1, 0.15) is 23.6 Å². The first-order valence-electron chi connectivity index (χ1n) is 9.16. The van der Waals surface area contributed by atoms with Crippen LogP contribution in [0.2, 0.25) is 0 Å². The van der Waals surface area contributed by atoms with E-state index >= 15 is 0 Å². The molecule has 0 saturated heterocycles. The summed E-state index contributed by atoms with van der Waals surface area (Å²) < 4.78 is 43.3. The molecule has 0 aromatic heterocycles. The molecule has 0 amide bonds. The second-order valence-corrected chi connectivity index (χ2v) is 7.59. The predicted molar refractivity (Wildman–Crippen MR) is 113 cm³/mol. The minimum Gasteiger partial charge on any atom is -0.508 e. The van der Waals surface area contributed by atoms with E-state index in [2.05, 4.69) is 4.99 Å². The van der Waals surface area contributed by atoms with Gasteiger partial charge in [0, 0.05) is 0 Å². The smallest absolute Gasteiger partial charge is 0.416 e. The summed E-state index contributed by atoms with van der Waals surface area (Å²) in [5, 5.41) is 20.4. The molecule has 1 aliphatic rings. The molecule has 0 fully saturated rings. The Morgan fingerprint density at radius 1 is 1.16 bits per heavy atom. The molecular weight excluding hydrogens is 431 g/mol. The van der Waals surface area contributed by atoms with E-state index in [9.17, 15) is 28.2 Å². The number of aliphatic hydroxyl groups excluding tert-OH is 1. The molecule has 2 N–H and O–H groups in total. The van der Waals surface area contributed by atoms with Crippen LogP contribution in [0.5, 0.6) is 5.75 Å². The minimum absolute atomic E-state index is 0.0735. The lowest BCUT2D eigenvalue weighted by Crippen LogP contribution is -2.12. The number of thioether (sulfide) groups is 1. The number of nitrogens with zero attached hydrogens (tertiary/aromatic N) is 1. The Morgan fingerprint density at radius 2 is 1.84 bits per heavy atom. The van der Waals surface area contributed by atoms with E-state index in [1.54, 1.807) is 32.1 Å². The summed E-state index contributed by atoms with van der Waals surface area (Å²) in [5.74, 6) is -0.999. The number of carbonyl (C=O) groups is 1. The Labute approximate surface area is 180 Å². The predicted octanol–water partition coefficient (Wildman–Crippen LogP) is 5.91. The van der Waals surface area contributed by atoms with Gasteiger partial charge in [0.25, 0.3) is 0 Å². The third-order valence-electron chi connectivity index (χ3n) is 4.31. The minimum atomic E-state index is -4.47. The summed E-state index contributed by atoms with van der Waals surface area (Å²) >= 11 is 0.992. The average molecular weight is 449 g/mol. The van der Waals surface area contributed by atoms with Crippen molar-refractivity contribution in [3.8, 4) is 5.75 Å². The van der Waals surface area contributed by atoms with Crippen LogP contribution in [-0.2, 0) is 15.7 Å². The number of alkyl halides is 3.